The van der Waals surface area contributed by atoms with E-state index in [1.165, 1.54) is 24.3 Å². The Morgan fingerprint density at radius 1 is 1.20 bits per heavy atom. The van der Waals surface area contributed by atoms with Gasteiger partial charge in [-0.05, 0) is 35.6 Å². The molecule has 0 radical (unpaired) electrons. The third-order valence-electron chi connectivity index (χ3n) is 2.73. The number of carbonyl (C=O) groups excluding carboxylic acids is 1. The molecule has 2 rings (SSSR count). The van der Waals surface area contributed by atoms with E-state index in [2.05, 4.69) is 0 Å². The lowest BCUT2D eigenvalue weighted by molar-refractivity contribution is 0.108. The van der Waals surface area contributed by atoms with E-state index in [1.807, 2.05) is 6.92 Å². The Morgan fingerprint density at radius 2 is 1.95 bits per heavy atom. The molecule has 0 aliphatic rings. The Kier molecular flexibility index (Phi) is 4.39. The molecule has 2 aromatic carbocycles. The fourth-order valence-electron chi connectivity index (χ4n) is 1.80. The number of phenols is 1. The molecule has 0 saturated carbocycles. The van der Waals surface area contributed by atoms with Crippen LogP contribution in [0.5, 0.6) is 5.75 Å². The van der Waals surface area contributed by atoms with Crippen LogP contribution in [0.15, 0.2) is 36.4 Å². The average Bonchev–Trinajstić information content (AvgIpc) is 2.40. The quantitative estimate of drug-likeness (QED) is 0.920. The summed E-state index contributed by atoms with van der Waals surface area (Å²) in [5, 5.41) is 9.42. The molecule has 0 atom stereocenters. The standard InChI is InChI=1S/C15H12F2O2S/c1-2-20-15(19)12-7-9(3-6-14(12)18)11-5-4-10(16)8-13(11)17/h3-8,18H,2H2,1H3. The van der Waals surface area contributed by atoms with Gasteiger partial charge in [0.1, 0.15) is 17.4 Å². The van der Waals surface area contributed by atoms with E-state index < -0.39 is 11.6 Å². The van der Waals surface area contributed by atoms with Gasteiger partial charge in [-0.3, -0.25) is 4.79 Å². The summed E-state index contributed by atoms with van der Waals surface area (Å²) in [7, 11) is 0. The largest absolute Gasteiger partial charge is 0.507 e. The third kappa shape index (κ3) is 2.99. The van der Waals surface area contributed by atoms with E-state index >= 15 is 0 Å². The fourth-order valence-corrected chi connectivity index (χ4v) is 2.38. The SMILES string of the molecule is CCSC(=O)c1cc(-c2ccc(F)cc2F)ccc1O. The van der Waals surface area contributed by atoms with Crippen molar-refractivity contribution in [1.82, 2.24) is 0 Å². The maximum atomic E-state index is 13.7. The van der Waals surface area contributed by atoms with Crippen LogP contribution in [0.3, 0.4) is 0 Å². The molecule has 20 heavy (non-hydrogen) atoms. The van der Waals surface area contributed by atoms with Gasteiger partial charge in [0.15, 0.2) is 0 Å². The van der Waals surface area contributed by atoms with Crippen LogP contribution in [-0.4, -0.2) is 16.0 Å². The smallest absolute Gasteiger partial charge is 0.223 e. The van der Waals surface area contributed by atoms with Gasteiger partial charge >= 0.3 is 0 Å². The minimum Gasteiger partial charge on any atom is -0.507 e. The third-order valence-corrected chi connectivity index (χ3v) is 3.50. The molecule has 0 saturated heterocycles. The van der Waals surface area contributed by atoms with Crippen molar-refractivity contribution < 1.29 is 18.7 Å². The zero-order valence-corrected chi connectivity index (χ0v) is 11.5. The highest BCUT2D eigenvalue weighted by Gasteiger charge is 2.14. The lowest BCUT2D eigenvalue weighted by Crippen LogP contribution is -1.96. The molecular weight excluding hydrogens is 282 g/mol. The van der Waals surface area contributed by atoms with E-state index in [1.54, 1.807) is 0 Å². The number of thioether (sulfide) groups is 1. The van der Waals surface area contributed by atoms with Crippen molar-refractivity contribution in [2.45, 2.75) is 6.92 Å². The number of phenolic OH excluding ortho intramolecular Hbond substituents is 1. The van der Waals surface area contributed by atoms with E-state index in [4.69, 9.17) is 0 Å². The van der Waals surface area contributed by atoms with Crippen LogP contribution in [0.1, 0.15) is 17.3 Å². The summed E-state index contributed by atoms with van der Waals surface area (Å²) in [4.78, 5) is 11.8. The molecule has 1 N–H and O–H groups in total. The van der Waals surface area contributed by atoms with Crippen LogP contribution in [0, 0.1) is 11.6 Å². The van der Waals surface area contributed by atoms with Gasteiger partial charge in [-0.15, -0.1) is 0 Å². The van der Waals surface area contributed by atoms with Crippen LogP contribution >= 0.6 is 11.8 Å². The molecule has 0 amide bonds. The lowest BCUT2D eigenvalue weighted by Gasteiger charge is -2.08. The van der Waals surface area contributed by atoms with E-state index in [-0.39, 0.29) is 22.0 Å². The number of aromatic hydroxyl groups is 1. The van der Waals surface area contributed by atoms with Gasteiger partial charge in [0, 0.05) is 11.6 Å². The Hall–Kier alpha value is -1.88. The van der Waals surface area contributed by atoms with Crippen LogP contribution in [0.4, 0.5) is 8.78 Å². The predicted octanol–water partition coefficient (Wildman–Crippen LogP) is 4.23. The Labute approximate surface area is 119 Å². The van der Waals surface area contributed by atoms with Crippen molar-refractivity contribution in [3.05, 3.63) is 53.6 Å². The minimum atomic E-state index is -0.711. The molecule has 0 unspecified atom stereocenters. The van der Waals surface area contributed by atoms with Gasteiger partial charge in [-0.2, -0.15) is 0 Å². The van der Waals surface area contributed by atoms with Crippen molar-refractivity contribution in [2.24, 2.45) is 0 Å². The van der Waals surface area contributed by atoms with Crippen molar-refractivity contribution in [3.63, 3.8) is 0 Å². The van der Waals surface area contributed by atoms with Gasteiger partial charge in [0.2, 0.25) is 5.12 Å². The van der Waals surface area contributed by atoms with E-state index in [0.717, 1.165) is 23.9 Å². The highest BCUT2D eigenvalue weighted by molar-refractivity contribution is 8.14. The summed E-state index contributed by atoms with van der Waals surface area (Å²) in [6.45, 7) is 1.82. The second kappa shape index (κ2) is 6.05. The molecule has 0 aliphatic carbocycles. The number of hydrogen-bond acceptors (Lipinski definition) is 3. The second-order valence-corrected chi connectivity index (χ2v) is 5.31. The maximum absolute atomic E-state index is 13.7. The normalized spacial score (nSPS) is 10.6. The zero-order chi connectivity index (χ0) is 14.7. The summed E-state index contributed by atoms with van der Waals surface area (Å²) in [6.07, 6.45) is 0. The van der Waals surface area contributed by atoms with Crippen molar-refractivity contribution in [2.75, 3.05) is 5.75 Å². The molecule has 0 fully saturated rings. The van der Waals surface area contributed by atoms with Crippen LogP contribution < -0.4 is 0 Å². The number of carbonyl (C=O) groups is 1. The van der Waals surface area contributed by atoms with Gasteiger partial charge in [0.25, 0.3) is 0 Å². The number of benzene rings is 2. The zero-order valence-electron chi connectivity index (χ0n) is 10.7. The monoisotopic (exact) mass is 294 g/mol. The first kappa shape index (κ1) is 14.5. The average molecular weight is 294 g/mol. The molecule has 0 heterocycles. The molecule has 0 aromatic heterocycles. The van der Waals surface area contributed by atoms with Crippen LogP contribution in [-0.2, 0) is 0 Å². The summed E-state index contributed by atoms with van der Waals surface area (Å²) in [5.74, 6) is -0.949. The van der Waals surface area contributed by atoms with Crippen LogP contribution in [0.25, 0.3) is 11.1 Å². The van der Waals surface area contributed by atoms with Crippen LogP contribution in [0.2, 0.25) is 0 Å². The molecule has 104 valence electrons. The molecule has 5 heteroatoms. The fraction of sp³-hybridized carbons (Fsp3) is 0.133. The first-order valence-electron chi connectivity index (χ1n) is 5.98. The molecule has 2 aromatic rings. The molecule has 0 aliphatic heterocycles. The van der Waals surface area contributed by atoms with E-state index in [0.29, 0.717) is 11.3 Å². The molecule has 2 nitrogen and oxygen atoms in total. The van der Waals surface area contributed by atoms with Crippen molar-refractivity contribution in [1.29, 1.82) is 0 Å². The van der Waals surface area contributed by atoms with Crippen molar-refractivity contribution >= 4 is 16.9 Å². The topological polar surface area (TPSA) is 37.3 Å². The highest BCUT2D eigenvalue weighted by Crippen LogP contribution is 2.30. The minimum absolute atomic E-state index is 0.123. The first-order valence-corrected chi connectivity index (χ1v) is 6.97. The predicted molar refractivity (Wildman–Crippen MR) is 75.9 cm³/mol. The van der Waals surface area contributed by atoms with Gasteiger partial charge in [-0.25, -0.2) is 8.78 Å². The summed E-state index contributed by atoms with van der Waals surface area (Å²) >= 11 is 1.06. The lowest BCUT2D eigenvalue weighted by atomic mass is 10.0. The van der Waals surface area contributed by atoms with Gasteiger partial charge < -0.3 is 5.11 Å². The number of hydrogen-bond donors (Lipinski definition) is 1. The Morgan fingerprint density at radius 3 is 2.60 bits per heavy atom. The van der Waals surface area contributed by atoms with Gasteiger partial charge in [-0.1, -0.05) is 24.8 Å². The Bertz CT molecular complexity index is 656. The summed E-state index contributed by atoms with van der Waals surface area (Å²) < 4.78 is 26.6. The molecule has 0 bridgehead atoms. The van der Waals surface area contributed by atoms with Gasteiger partial charge in [0.05, 0.1) is 5.56 Å². The first-order chi connectivity index (χ1) is 9.52. The Balaban J connectivity index is 2.48. The van der Waals surface area contributed by atoms with E-state index in [9.17, 15) is 18.7 Å². The second-order valence-electron chi connectivity index (χ2n) is 4.08. The van der Waals surface area contributed by atoms with Crippen molar-refractivity contribution in [3.8, 4) is 16.9 Å². The summed E-state index contributed by atoms with van der Waals surface area (Å²) in [5.41, 5.74) is 0.723. The maximum Gasteiger partial charge on any atom is 0.223 e. The number of halogens is 2. The highest BCUT2D eigenvalue weighted by atomic mass is 32.2. The molecular formula is C15H12F2O2S. The number of rotatable bonds is 3. The molecule has 0 spiro atoms. The summed E-state index contributed by atoms with van der Waals surface area (Å²) in [6, 6.07) is 7.47.